The highest BCUT2D eigenvalue weighted by Gasteiger charge is 2.38. The number of hydrogen-bond acceptors (Lipinski definition) is 7. The second-order valence-corrected chi connectivity index (χ2v) is 7.33. The van der Waals surface area contributed by atoms with Gasteiger partial charge in [0.15, 0.2) is 0 Å². The van der Waals surface area contributed by atoms with Crippen LogP contribution in [0.3, 0.4) is 0 Å². The van der Waals surface area contributed by atoms with Crippen molar-refractivity contribution >= 4 is 15.9 Å². The van der Waals surface area contributed by atoms with Crippen LogP contribution in [-0.2, 0) is 19.6 Å². The van der Waals surface area contributed by atoms with E-state index in [1.54, 1.807) is 24.5 Å². The molecule has 2 aromatic rings. The summed E-state index contributed by atoms with van der Waals surface area (Å²) < 4.78 is 37.5. The average Bonchev–Trinajstić information content (AvgIpc) is 2.68. The Kier molecular flexibility index (Phi) is 5.47. The Labute approximate surface area is 150 Å². The average molecular weight is 379 g/mol. The molecule has 26 heavy (non-hydrogen) atoms. The first kappa shape index (κ1) is 18.3. The first-order valence-corrected chi connectivity index (χ1v) is 9.18. The molecule has 1 amide bonds. The number of ether oxygens (including phenoxy) is 2. The first-order chi connectivity index (χ1) is 12.5. The van der Waals surface area contributed by atoms with Gasteiger partial charge in [-0.1, -0.05) is 0 Å². The van der Waals surface area contributed by atoms with E-state index in [-0.39, 0.29) is 24.7 Å². The highest BCUT2D eigenvalue weighted by atomic mass is 32.2. The molecule has 9 nitrogen and oxygen atoms in total. The minimum atomic E-state index is -3.94. The Balaban J connectivity index is 1.81. The summed E-state index contributed by atoms with van der Waals surface area (Å²) >= 11 is 0. The van der Waals surface area contributed by atoms with Crippen LogP contribution in [0.1, 0.15) is 0 Å². The summed E-state index contributed by atoms with van der Waals surface area (Å²) in [5, 5.41) is 8.82. The summed E-state index contributed by atoms with van der Waals surface area (Å²) in [5.74, 6) is 0.191. The second kappa shape index (κ2) is 7.79. The quantitative estimate of drug-likeness (QED) is 0.582. The van der Waals surface area contributed by atoms with Crippen LogP contribution in [0.5, 0.6) is 11.5 Å². The van der Waals surface area contributed by atoms with Crippen molar-refractivity contribution in [2.24, 2.45) is 0 Å². The summed E-state index contributed by atoms with van der Waals surface area (Å²) in [7, 11) is -3.94. The Morgan fingerprint density at radius 2 is 1.85 bits per heavy atom. The largest absolute Gasteiger partial charge is 0.457 e. The van der Waals surface area contributed by atoms with Crippen molar-refractivity contribution < 1.29 is 27.9 Å². The van der Waals surface area contributed by atoms with E-state index < -0.39 is 22.0 Å². The lowest BCUT2D eigenvalue weighted by atomic mass is 10.3. The highest BCUT2D eigenvalue weighted by Crippen LogP contribution is 2.25. The Morgan fingerprint density at radius 3 is 2.50 bits per heavy atom. The lowest BCUT2D eigenvalue weighted by Gasteiger charge is -2.32. The molecule has 1 atom stereocenters. The Morgan fingerprint density at radius 1 is 1.19 bits per heavy atom. The number of carbonyl (C=O) groups is 1. The zero-order chi connectivity index (χ0) is 18.6. The molecule has 1 aromatic heterocycles. The molecule has 0 bridgehead atoms. The van der Waals surface area contributed by atoms with E-state index in [0.29, 0.717) is 11.5 Å². The second-order valence-electron chi connectivity index (χ2n) is 5.44. The third kappa shape index (κ3) is 3.83. The van der Waals surface area contributed by atoms with Crippen LogP contribution in [0.25, 0.3) is 0 Å². The maximum Gasteiger partial charge on any atom is 0.264 e. The molecule has 0 radical (unpaired) electrons. The van der Waals surface area contributed by atoms with Crippen LogP contribution in [0.15, 0.2) is 53.7 Å². The minimum Gasteiger partial charge on any atom is -0.457 e. The van der Waals surface area contributed by atoms with E-state index in [1.165, 1.54) is 29.7 Å². The number of benzene rings is 1. The van der Waals surface area contributed by atoms with Crippen molar-refractivity contribution in [1.82, 2.24) is 14.8 Å². The fourth-order valence-corrected chi connectivity index (χ4v) is 4.07. The van der Waals surface area contributed by atoms with Gasteiger partial charge in [0.25, 0.3) is 5.91 Å². The van der Waals surface area contributed by atoms with Gasteiger partial charge in [-0.25, -0.2) is 13.9 Å². The fraction of sp³-hybridized carbons (Fsp3) is 0.250. The van der Waals surface area contributed by atoms with Gasteiger partial charge < -0.3 is 9.47 Å². The lowest BCUT2D eigenvalue weighted by Crippen LogP contribution is -2.55. The molecule has 3 rings (SSSR count). The Hall–Kier alpha value is -2.53. The number of morpholine rings is 1. The van der Waals surface area contributed by atoms with Crippen molar-refractivity contribution in [1.29, 1.82) is 0 Å². The monoisotopic (exact) mass is 379 g/mol. The minimum absolute atomic E-state index is 0.00961. The number of carbonyl (C=O) groups excluding carboxylic acids is 1. The molecule has 1 aliphatic heterocycles. The van der Waals surface area contributed by atoms with Crippen LogP contribution in [0.4, 0.5) is 0 Å². The van der Waals surface area contributed by atoms with Crippen molar-refractivity contribution in [3.8, 4) is 11.5 Å². The molecular weight excluding hydrogens is 362 g/mol. The van der Waals surface area contributed by atoms with Crippen LogP contribution in [0, 0.1) is 0 Å². The number of sulfonamides is 1. The van der Waals surface area contributed by atoms with Gasteiger partial charge in [0.1, 0.15) is 17.5 Å². The predicted molar refractivity (Wildman–Crippen MR) is 89.2 cm³/mol. The molecule has 1 fully saturated rings. The summed E-state index contributed by atoms with van der Waals surface area (Å²) in [6.07, 6.45) is 3.16. The molecule has 1 aromatic carbocycles. The van der Waals surface area contributed by atoms with Gasteiger partial charge >= 0.3 is 0 Å². The summed E-state index contributed by atoms with van der Waals surface area (Å²) in [5.41, 5.74) is 1.47. The molecule has 1 aliphatic rings. The third-order valence-electron chi connectivity index (χ3n) is 3.81. The fourth-order valence-electron chi connectivity index (χ4n) is 2.51. The number of hydroxylamine groups is 1. The van der Waals surface area contributed by atoms with Crippen LogP contribution < -0.4 is 10.2 Å². The van der Waals surface area contributed by atoms with Crippen molar-refractivity contribution in [2.45, 2.75) is 10.9 Å². The lowest BCUT2D eigenvalue weighted by molar-refractivity contribution is -0.137. The summed E-state index contributed by atoms with van der Waals surface area (Å²) in [6, 6.07) is 8.06. The predicted octanol–water partition coefficient (Wildman–Crippen LogP) is 0.769. The molecule has 2 heterocycles. The number of hydrogen-bond donors (Lipinski definition) is 2. The maximum atomic E-state index is 12.8. The molecule has 0 saturated carbocycles. The number of nitrogens with one attached hydrogen (secondary N) is 1. The van der Waals surface area contributed by atoms with Gasteiger partial charge in [0.05, 0.1) is 18.1 Å². The smallest absolute Gasteiger partial charge is 0.264 e. The van der Waals surface area contributed by atoms with E-state index in [4.69, 9.17) is 14.7 Å². The van der Waals surface area contributed by atoms with E-state index in [0.717, 1.165) is 4.31 Å². The standard InChI is InChI=1S/C16H17N3O6S/c20-16(18-21)15-11-24-10-9-19(15)26(22,23)14-3-1-12(2-4-14)25-13-5-7-17-8-6-13/h1-8,15,21H,9-11H2,(H,18,20)/t15-/m1/s1. The van der Waals surface area contributed by atoms with Crippen molar-refractivity contribution in [2.75, 3.05) is 19.8 Å². The van der Waals surface area contributed by atoms with Crippen LogP contribution in [0.2, 0.25) is 0 Å². The van der Waals surface area contributed by atoms with Crippen molar-refractivity contribution in [3.63, 3.8) is 0 Å². The van der Waals surface area contributed by atoms with Gasteiger partial charge in [-0.3, -0.25) is 15.0 Å². The van der Waals surface area contributed by atoms with Crippen LogP contribution in [-0.4, -0.2) is 54.6 Å². The van der Waals surface area contributed by atoms with E-state index in [2.05, 4.69) is 4.98 Å². The zero-order valence-corrected chi connectivity index (χ0v) is 14.4. The number of nitrogens with zero attached hydrogens (tertiary/aromatic N) is 2. The highest BCUT2D eigenvalue weighted by molar-refractivity contribution is 7.89. The molecule has 2 N–H and O–H groups in total. The normalized spacial score (nSPS) is 18.3. The molecule has 10 heteroatoms. The number of rotatable bonds is 5. The third-order valence-corrected chi connectivity index (χ3v) is 5.73. The molecule has 1 saturated heterocycles. The summed E-state index contributed by atoms with van der Waals surface area (Å²) in [4.78, 5) is 15.6. The molecular formula is C16H17N3O6S. The molecule has 0 unspecified atom stereocenters. The molecule has 0 spiro atoms. The number of pyridine rings is 1. The molecule has 0 aliphatic carbocycles. The SMILES string of the molecule is O=C(NO)[C@H]1COCCN1S(=O)(=O)c1ccc(Oc2ccncc2)cc1. The van der Waals surface area contributed by atoms with Crippen LogP contribution >= 0.6 is 0 Å². The number of amides is 1. The molecule has 138 valence electrons. The first-order valence-electron chi connectivity index (χ1n) is 7.74. The number of aromatic nitrogens is 1. The van der Waals surface area contributed by atoms with E-state index in [9.17, 15) is 13.2 Å². The van der Waals surface area contributed by atoms with Gasteiger partial charge in [0, 0.05) is 18.9 Å². The van der Waals surface area contributed by atoms with Gasteiger partial charge in [-0.05, 0) is 36.4 Å². The topological polar surface area (TPSA) is 118 Å². The Bertz CT molecular complexity index is 857. The maximum absolute atomic E-state index is 12.8. The van der Waals surface area contributed by atoms with Gasteiger partial charge in [-0.15, -0.1) is 0 Å². The summed E-state index contributed by atoms with van der Waals surface area (Å²) in [6.45, 7) is 0.0439. The van der Waals surface area contributed by atoms with Gasteiger partial charge in [0.2, 0.25) is 10.0 Å². The van der Waals surface area contributed by atoms with Crippen molar-refractivity contribution in [3.05, 3.63) is 48.8 Å². The zero-order valence-electron chi connectivity index (χ0n) is 13.6. The van der Waals surface area contributed by atoms with E-state index >= 15 is 0 Å². The van der Waals surface area contributed by atoms with Gasteiger partial charge in [-0.2, -0.15) is 4.31 Å². The van der Waals surface area contributed by atoms with E-state index in [1.807, 2.05) is 0 Å².